The smallest absolute Gasteiger partial charge is 0.263 e. The number of carbonyl (C=O) groups excluding carboxylic acids is 1. The topological polar surface area (TPSA) is 77.2 Å². The molecule has 1 aliphatic carbocycles. The molecule has 27 heavy (non-hydrogen) atoms. The monoisotopic (exact) mass is 368 g/mol. The summed E-state index contributed by atoms with van der Waals surface area (Å²) in [4.78, 5) is 43.3. The molecule has 0 radical (unpaired) electrons. The van der Waals surface area contributed by atoms with Crippen LogP contribution in [0.15, 0.2) is 40.3 Å². The van der Waals surface area contributed by atoms with E-state index in [4.69, 9.17) is 0 Å². The number of nitrogens with zero attached hydrogens (tertiary/aromatic N) is 4. The van der Waals surface area contributed by atoms with Crippen LogP contribution in [0.4, 0.5) is 0 Å². The molecule has 1 saturated heterocycles. The molecule has 0 unspecified atom stereocenters. The Kier molecular flexibility index (Phi) is 4.68. The van der Waals surface area contributed by atoms with E-state index in [0.29, 0.717) is 31.5 Å². The van der Waals surface area contributed by atoms with Crippen molar-refractivity contribution < 1.29 is 4.79 Å². The van der Waals surface area contributed by atoms with Crippen LogP contribution in [0.25, 0.3) is 0 Å². The molecule has 0 aromatic carbocycles. The van der Waals surface area contributed by atoms with Gasteiger partial charge in [0.2, 0.25) is 0 Å². The lowest BCUT2D eigenvalue weighted by atomic mass is 9.96. The first-order valence-corrected chi connectivity index (χ1v) is 9.54. The van der Waals surface area contributed by atoms with E-state index in [0.717, 1.165) is 31.4 Å². The van der Waals surface area contributed by atoms with E-state index in [2.05, 4.69) is 4.98 Å². The predicted molar refractivity (Wildman–Crippen MR) is 101 cm³/mol. The van der Waals surface area contributed by atoms with Gasteiger partial charge in [-0.1, -0.05) is 0 Å². The summed E-state index contributed by atoms with van der Waals surface area (Å²) in [6.45, 7) is 1.83. The number of pyridine rings is 1. The van der Waals surface area contributed by atoms with Crippen molar-refractivity contribution in [3.63, 3.8) is 0 Å². The predicted octanol–water partition coefficient (Wildman–Crippen LogP) is 1.37. The van der Waals surface area contributed by atoms with Crippen molar-refractivity contribution in [3.05, 3.63) is 62.7 Å². The zero-order valence-electron chi connectivity index (χ0n) is 15.5. The van der Waals surface area contributed by atoms with Crippen molar-refractivity contribution >= 4 is 5.91 Å². The van der Waals surface area contributed by atoms with Crippen LogP contribution >= 0.6 is 0 Å². The molecule has 2 fully saturated rings. The summed E-state index contributed by atoms with van der Waals surface area (Å²) in [5, 5.41) is 0. The second-order valence-electron chi connectivity index (χ2n) is 7.65. The van der Waals surface area contributed by atoms with Gasteiger partial charge >= 0.3 is 0 Å². The maximum Gasteiger partial charge on any atom is 0.263 e. The van der Waals surface area contributed by atoms with Crippen molar-refractivity contribution in [1.82, 2.24) is 19.0 Å². The van der Waals surface area contributed by atoms with Crippen molar-refractivity contribution in [3.8, 4) is 0 Å². The standard InChI is InChI=1S/C20H24N4O3/c1-22-8-2-3-16(19(22)26)20(27)23-9-6-14(7-10-23)12-24-13-21-17(11-18(24)25)15-4-5-15/h2-3,8,11,13-15H,4-7,9-10,12H2,1H3. The van der Waals surface area contributed by atoms with E-state index in [1.165, 1.54) is 4.57 Å². The van der Waals surface area contributed by atoms with Crippen molar-refractivity contribution in [1.29, 1.82) is 0 Å². The summed E-state index contributed by atoms with van der Waals surface area (Å²) in [5.74, 6) is 0.605. The number of hydrogen-bond donors (Lipinski definition) is 0. The lowest BCUT2D eigenvalue weighted by Gasteiger charge is -2.32. The van der Waals surface area contributed by atoms with Crippen molar-refractivity contribution in [2.75, 3.05) is 13.1 Å². The van der Waals surface area contributed by atoms with E-state index in [1.807, 2.05) is 0 Å². The highest BCUT2D eigenvalue weighted by atomic mass is 16.2. The van der Waals surface area contributed by atoms with E-state index < -0.39 is 0 Å². The molecule has 1 amide bonds. The molecule has 2 aliphatic rings. The summed E-state index contributed by atoms with van der Waals surface area (Å²) in [6.07, 6.45) is 7.21. The van der Waals surface area contributed by atoms with Gasteiger partial charge in [0.05, 0.1) is 12.0 Å². The van der Waals surface area contributed by atoms with Crippen LogP contribution in [-0.2, 0) is 13.6 Å². The van der Waals surface area contributed by atoms with Gasteiger partial charge in [-0.2, -0.15) is 0 Å². The maximum absolute atomic E-state index is 12.6. The number of carbonyl (C=O) groups is 1. The lowest BCUT2D eigenvalue weighted by molar-refractivity contribution is 0.0680. The second-order valence-corrected chi connectivity index (χ2v) is 7.65. The Morgan fingerprint density at radius 2 is 1.93 bits per heavy atom. The number of rotatable bonds is 4. The summed E-state index contributed by atoms with van der Waals surface area (Å²) >= 11 is 0. The van der Waals surface area contributed by atoms with Crippen LogP contribution in [-0.4, -0.2) is 38.0 Å². The van der Waals surface area contributed by atoms with Gasteiger partial charge in [-0.25, -0.2) is 4.98 Å². The first-order valence-electron chi connectivity index (χ1n) is 9.54. The average Bonchev–Trinajstić information content (AvgIpc) is 3.51. The largest absolute Gasteiger partial charge is 0.338 e. The summed E-state index contributed by atoms with van der Waals surface area (Å²) in [7, 11) is 1.64. The van der Waals surface area contributed by atoms with Gasteiger partial charge in [0.15, 0.2) is 0 Å². The molecule has 4 rings (SSSR count). The average molecular weight is 368 g/mol. The summed E-state index contributed by atoms with van der Waals surface area (Å²) in [5.41, 5.74) is 0.881. The summed E-state index contributed by atoms with van der Waals surface area (Å²) < 4.78 is 3.10. The molecule has 0 spiro atoms. The highest BCUT2D eigenvalue weighted by Crippen LogP contribution is 2.38. The highest BCUT2D eigenvalue weighted by molar-refractivity contribution is 5.93. The summed E-state index contributed by atoms with van der Waals surface area (Å²) in [6, 6.07) is 4.97. The molecular weight excluding hydrogens is 344 g/mol. The fraction of sp³-hybridized carbons (Fsp3) is 0.500. The molecule has 0 N–H and O–H groups in total. The molecule has 7 heteroatoms. The Hall–Kier alpha value is -2.70. The van der Waals surface area contributed by atoms with Gasteiger partial charge < -0.3 is 9.47 Å². The van der Waals surface area contributed by atoms with E-state index in [1.54, 1.807) is 47.2 Å². The first kappa shape index (κ1) is 17.7. The third kappa shape index (κ3) is 3.72. The Morgan fingerprint density at radius 3 is 2.59 bits per heavy atom. The van der Waals surface area contributed by atoms with Crippen LogP contribution in [0.3, 0.4) is 0 Å². The van der Waals surface area contributed by atoms with Crippen LogP contribution in [0, 0.1) is 5.92 Å². The SMILES string of the molecule is Cn1cccc(C(=O)N2CCC(Cn3cnc(C4CC4)cc3=O)CC2)c1=O. The number of likely N-dealkylation sites (tertiary alicyclic amines) is 1. The van der Waals surface area contributed by atoms with Gasteiger partial charge in [0.25, 0.3) is 17.0 Å². The number of piperidine rings is 1. The Balaban J connectivity index is 1.37. The van der Waals surface area contributed by atoms with Gasteiger partial charge in [0, 0.05) is 44.9 Å². The maximum atomic E-state index is 12.6. The third-order valence-electron chi connectivity index (χ3n) is 5.61. The zero-order valence-corrected chi connectivity index (χ0v) is 15.5. The van der Waals surface area contributed by atoms with Crippen LogP contribution in [0.2, 0.25) is 0 Å². The fourth-order valence-corrected chi connectivity index (χ4v) is 3.71. The van der Waals surface area contributed by atoms with Crippen molar-refractivity contribution in [2.24, 2.45) is 13.0 Å². The molecule has 3 heterocycles. The number of amides is 1. The van der Waals surface area contributed by atoms with Gasteiger partial charge in [0.1, 0.15) is 5.56 Å². The molecule has 2 aromatic rings. The highest BCUT2D eigenvalue weighted by Gasteiger charge is 2.27. The van der Waals surface area contributed by atoms with Gasteiger partial charge in [-0.3, -0.25) is 19.0 Å². The van der Waals surface area contributed by atoms with Crippen LogP contribution < -0.4 is 11.1 Å². The Labute approximate surface area is 157 Å². The van der Waals surface area contributed by atoms with E-state index in [9.17, 15) is 14.4 Å². The van der Waals surface area contributed by atoms with Gasteiger partial charge in [-0.15, -0.1) is 0 Å². The zero-order chi connectivity index (χ0) is 19.0. The molecule has 142 valence electrons. The van der Waals surface area contributed by atoms with Crippen LogP contribution in [0.5, 0.6) is 0 Å². The minimum atomic E-state index is -0.266. The van der Waals surface area contributed by atoms with Crippen molar-refractivity contribution in [2.45, 2.75) is 38.1 Å². The number of aromatic nitrogens is 3. The molecule has 7 nitrogen and oxygen atoms in total. The van der Waals surface area contributed by atoms with Gasteiger partial charge in [-0.05, 0) is 43.7 Å². The lowest BCUT2D eigenvalue weighted by Crippen LogP contribution is -2.42. The number of aryl methyl sites for hydroxylation is 1. The molecule has 0 bridgehead atoms. The third-order valence-corrected chi connectivity index (χ3v) is 5.61. The number of hydrogen-bond acceptors (Lipinski definition) is 4. The Morgan fingerprint density at radius 1 is 1.19 bits per heavy atom. The van der Waals surface area contributed by atoms with E-state index in [-0.39, 0.29) is 22.6 Å². The molecular formula is C20H24N4O3. The molecule has 0 atom stereocenters. The molecule has 1 aliphatic heterocycles. The normalized spacial score (nSPS) is 17.9. The first-order chi connectivity index (χ1) is 13.0. The molecule has 2 aromatic heterocycles. The fourth-order valence-electron chi connectivity index (χ4n) is 3.71. The minimum absolute atomic E-state index is 0.0122. The quantitative estimate of drug-likeness (QED) is 0.817. The van der Waals surface area contributed by atoms with E-state index >= 15 is 0 Å². The minimum Gasteiger partial charge on any atom is -0.338 e. The second kappa shape index (κ2) is 7.13. The Bertz CT molecular complexity index is 966. The molecule has 1 saturated carbocycles. The van der Waals surface area contributed by atoms with Crippen LogP contribution in [0.1, 0.15) is 47.7 Å².